The van der Waals surface area contributed by atoms with Crippen molar-refractivity contribution >= 4 is 50.7 Å². The van der Waals surface area contributed by atoms with Crippen molar-refractivity contribution in [2.45, 2.75) is 58.5 Å². The number of nitrogens with one attached hydrogen (secondary N) is 1. The van der Waals surface area contributed by atoms with E-state index in [2.05, 4.69) is 5.32 Å². The molecule has 0 aromatic heterocycles. The Hall–Kier alpha value is -2.29. The molecule has 0 aliphatic rings. The van der Waals surface area contributed by atoms with Crippen LogP contribution in [0.1, 0.15) is 51.5 Å². The Bertz CT molecular complexity index is 1090. The Morgan fingerprint density at radius 2 is 1.53 bits per heavy atom. The Labute approximate surface area is 224 Å². The largest absolute Gasteiger partial charge is 0.354 e. The summed E-state index contributed by atoms with van der Waals surface area (Å²) in [6.45, 7) is 4.85. The third-order valence-corrected chi connectivity index (χ3v) is 7.45. The lowest BCUT2D eigenvalue weighted by molar-refractivity contribution is -0.141. The van der Waals surface area contributed by atoms with Crippen molar-refractivity contribution in [3.05, 3.63) is 64.1 Å². The number of unbranched alkanes of at least 4 members (excludes halogenated alkanes) is 1. The van der Waals surface area contributed by atoms with Crippen LogP contribution < -0.4 is 9.62 Å². The van der Waals surface area contributed by atoms with Crippen LogP contribution in [0.3, 0.4) is 0 Å². The molecule has 2 aromatic rings. The summed E-state index contributed by atoms with van der Waals surface area (Å²) < 4.78 is 26.1. The summed E-state index contributed by atoms with van der Waals surface area (Å²) >= 11 is 11.9. The number of amides is 2. The van der Waals surface area contributed by atoms with Crippen molar-refractivity contribution in [2.24, 2.45) is 0 Å². The molecule has 198 valence electrons. The minimum Gasteiger partial charge on any atom is -0.354 e. The first kappa shape index (κ1) is 29.9. The van der Waals surface area contributed by atoms with E-state index in [1.807, 2.05) is 26.0 Å². The molecule has 2 aromatic carbocycles. The van der Waals surface area contributed by atoms with Crippen LogP contribution in [0.25, 0.3) is 0 Å². The number of nitrogens with zero attached hydrogens (tertiary/aromatic N) is 2. The SMILES string of the molecule is CCCCNC(=O)C(CC)N(Cc1ccc(Cl)cc1)C(=O)CCCN(c1ccc(Cl)cc1)S(C)(=O)=O. The summed E-state index contributed by atoms with van der Waals surface area (Å²) in [4.78, 5) is 27.9. The second-order valence-corrected chi connectivity index (χ2v) is 11.4. The summed E-state index contributed by atoms with van der Waals surface area (Å²) in [7, 11) is -3.56. The van der Waals surface area contributed by atoms with Gasteiger partial charge in [0.25, 0.3) is 0 Å². The average molecular weight is 557 g/mol. The van der Waals surface area contributed by atoms with Crippen LogP contribution in [0.15, 0.2) is 48.5 Å². The Balaban J connectivity index is 2.18. The molecule has 36 heavy (non-hydrogen) atoms. The van der Waals surface area contributed by atoms with Crippen molar-refractivity contribution in [1.82, 2.24) is 10.2 Å². The number of carbonyl (C=O) groups excluding carboxylic acids is 2. The molecular formula is C26H35Cl2N3O4S. The molecule has 1 unspecified atom stereocenters. The lowest BCUT2D eigenvalue weighted by atomic mass is 10.1. The number of anilines is 1. The zero-order chi connectivity index (χ0) is 26.7. The zero-order valence-corrected chi connectivity index (χ0v) is 23.4. The molecule has 0 aliphatic heterocycles. The molecule has 1 atom stereocenters. The van der Waals surface area contributed by atoms with E-state index in [-0.39, 0.29) is 31.3 Å². The number of hydrogen-bond donors (Lipinski definition) is 1. The molecule has 0 spiro atoms. The van der Waals surface area contributed by atoms with Gasteiger partial charge in [-0.1, -0.05) is 55.6 Å². The second kappa shape index (κ2) is 14.4. The van der Waals surface area contributed by atoms with Gasteiger partial charge in [-0.25, -0.2) is 8.42 Å². The lowest BCUT2D eigenvalue weighted by Gasteiger charge is -2.31. The number of carbonyl (C=O) groups is 2. The molecule has 0 saturated carbocycles. The van der Waals surface area contributed by atoms with E-state index in [0.29, 0.717) is 35.1 Å². The highest BCUT2D eigenvalue weighted by Gasteiger charge is 2.28. The number of halogens is 2. The summed E-state index contributed by atoms with van der Waals surface area (Å²) in [6, 6.07) is 13.0. The molecule has 7 nitrogen and oxygen atoms in total. The molecule has 0 aliphatic carbocycles. The van der Waals surface area contributed by atoms with Gasteiger partial charge in [-0.3, -0.25) is 13.9 Å². The zero-order valence-electron chi connectivity index (χ0n) is 21.0. The molecule has 2 rings (SSSR count). The fourth-order valence-electron chi connectivity index (χ4n) is 3.82. The van der Waals surface area contributed by atoms with Gasteiger partial charge < -0.3 is 10.2 Å². The van der Waals surface area contributed by atoms with Crippen LogP contribution in [0, 0.1) is 0 Å². The third kappa shape index (κ3) is 9.30. The Morgan fingerprint density at radius 3 is 2.06 bits per heavy atom. The van der Waals surface area contributed by atoms with Crippen LogP contribution in [0.5, 0.6) is 0 Å². The molecule has 2 amide bonds. The molecule has 0 saturated heterocycles. The molecule has 0 heterocycles. The van der Waals surface area contributed by atoms with Gasteiger partial charge in [-0.15, -0.1) is 0 Å². The van der Waals surface area contributed by atoms with E-state index in [1.54, 1.807) is 41.3 Å². The Kier molecular flexibility index (Phi) is 12.0. The fourth-order valence-corrected chi connectivity index (χ4v) is 5.04. The number of benzene rings is 2. The summed E-state index contributed by atoms with van der Waals surface area (Å²) in [5, 5.41) is 4.02. The minimum absolute atomic E-state index is 0.0892. The van der Waals surface area contributed by atoms with Gasteiger partial charge in [0.2, 0.25) is 21.8 Å². The second-order valence-electron chi connectivity index (χ2n) is 8.63. The van der Waals surface area contributed by atoms with E-state index in [4.69, 9.17) is 23.2 Å². The van der Waals surface area contributed by atoms with E-state index in [0.717, 1.165) is 24.7 Å². The first-order valence-corrected chi connectivity index (χ1v) is 14.7. The van der Waals surface area contributed by atoms with E-state index < -0.39 is 16.1 Å². The van der Waals surface area contributed by atoms with Crippen LogP contribution in [-0.2, 0) is 26.2 Å². The standard InChI is InChI=1S/C26H35Cl2N3O4S/c1-4-6-17-29-26(33)24(5-2)30(19-20-9-11-21(27)12-10-20)25(32)8-7-18-31(36(3,34)35)23-15-13-22(28)14-16-23/h9-16,24H,4-8,17-19H2,1-3H3,(H,29,33). The van der Waals surface area contributed by atoms with Crippen LogP contribution in [0.4, 0.5) is 5.69 Å². The van der Waals surface area contributed by atoms with E-state index in [1.165, 1.54) is 4.31 Å². The maximum atomic E-state index is 13.4. The van der Waals surface area contributed by atoms with Gasteiger partial charge in [-0.2, -0.15) is 0 Å². The Morgan fingerprint density at radius 1 is 0.944 bits per heavy atom. The summed E-state index contributed by atoms with van der Waals surface area (Å²) in [6.07, 6.45) is 3.78. The smallest absolute Gasteiger partial charge is 0.242 e. The molecule has 0 bridgehead atoms. The average Bonchev–Trinajstić information content (AvgIpc) is 2.83. The van der Waals surface area contributed by atoms with Gasteiger partial charge in [0, 0.05) is 36.1 Å². The van der Waals surface area contributed by atoms with Crippen LogP contribution >= 0.6 is 23.2 Å². The quantitative estimate of drug-likeness (QED) is 0.322. The number of sulfonamides is 1. The molecule has 10 heteroatoms. The highest BCUT2D eigenvalue weighted by atomic mass is 35.5. The van der Waals surface area contributed by atoms with Gasteiger partial charge in [0.15, 0.2) is 0 Å². The fraction of sp³-hybridized carbons (Fsp3) is 0.462. The van der Waals surface area contributed by atoms with Crippen LogP contribution in [0.2, 0.25) is 10.0 Å². The van der Waals surface area contributed by atoms with Crippen molar-refractivity contribution in [2.75, 3.05) is 23.7 Å². The van der Waals surface area contributed by atoms with Gasteiger partial charge >= 0.3 is 0 Å². The monoisotopic (exact) mass is 555 g/mol. The van der Waals surface area contributed by atoms with E-state index in [9.17, 15) is 18.0 Å². The predicted octanol–water partition coefficient (Wildman–Crippen LogP) is 5.26. The van der Waals surface area contributed by atoms with Gasteiger partial charge in [0.05, 0.1) is 11.9 Å². The maximum Gasteiger partial charge on any atom is 0.242 e. The highest BCUT2D eigenvalue weighted by Crippen LogP contribution is 2.22. The van der Waals surface area contributed by atoms with Crippen molar-refractivity contribution < 1.29 is 18.0 Å². The third-order valence-electron chi connectivity index (χ3n) is 5.75. The topological polar surface area (TPSA) is 86.8 Å². The summed E-state index contributed by atoms with van der Waals surface area (Å²) in [5.41, 5.74) is 1.33. The number of rotatable bonds is 14. The van der Waals surface area contributed by atoms with Crippen molar-refractivity contribution in [3.63, 3.8) is 0 Å². The van der Waals surface area contributed by atoms with E-state index >= 15 is 0 Å². The molecular weight excluding hydrogens is 521 g/mol. The van der Waals surface area contributed by atoms with Crippen molar-refractivity contribution in [3.8, 4) is 0 Å². The minimum atomic E-state index is -3.56. The molecule has 0 fully saturated rings. The molecule has 0 radical (unpaired) electrons. The normalized spacial score (nSPS) is 12.1. The van der Waals surface area contributed by atoms with Gasteiger partial charge in [-0.05, 0) is 61.2 Å². The number of hydrogen-bond acceptors (Lipinski definition) is 4. The van der Waals surface area contributed by atoms with Gasteiger partial charge in [0.1, 0.15) is 6.04 Å². The summed E-state index contributed by atoms with van der Waals surface area (Å²) in [5.74, 6) is -0.404. The lowest BCUT2D eigenvalue weighted by Crippen LogP contribution is -2.49. The molecule has 1 N–H and O–H groups in total. The predicted molar refractivity (Wildman–Crippen MR) is 147 cm³/mol. The highest BCUT2D eigenvalue weighted by molar-refractivity contribution is 7.92. The first-order chi connectivity index (χ1) is 17.1. The maximum absolute atomic E-state index is 13.4. The van der Waals surface area contributed by atoms with Crippen molar-refractivity contribution in [1.29, 1.82) is 0 Å². The van der Waals surface area contributed by atoms with Crippen LogP contribution in [-0.4, -0.2) is 50.5 Å². The first-order valence-electron chi connectivity index (χ1n) is 12.1.